The molecule has 1 fully saturated rings. The van der Waals surface area contributed by atoms with Crippen LogP contribution in [0.4, 0.5) is 0 Å². The molecule has 128 valence electrons. The number of carboxylic acid groups (broad SMARTS) is 1. The minimum atomic E-state index is -0.821. The second-order valence-corrected chi connectivity index (χ2v) is 6.21. The summed E-state index contributed by atoms with van der Waals surface area (Å²) in [5.74, 6) is -0.401. The van der Waals surface area contributed by atoms with Crippen molar-refractivity contribution in [2.75, 3.05) is 6.54 Å². The number of likely N-dealkylation sites (tertiary alicyclic amines) is 1. The fraction of sp³-hybridized carbons (Fsp3) is 0.706. The molecule has 1 unspecified atom stereocenters. The van der Waals surface area contributed by atoms with E-state index in [1.807, 2.05) is 0 Å². The lowest BCUT2D eigenvalue weighted by Crippen LogP contribution is -2.43. The lowest BCUT2D eigenvalue weighted by Gasteiger charge is -2.34. The third kappa shape index (κ3) is 4.33. The van der Waals surface area contributed by atoms with E-state index in [9.17, 15) is 9.59 Å². The van der Waals surface area contributed by atoms with Crippen LogP contribution in [0.3, 0.4) is 0 Å². The average Bonchev–Trinajstić information content (AvgIpc) is 3.03. The number of amides is 1. The molecule has 1 aromatic heterocycles. The summed E-state index contributed by atoms with van der Waals surface area (Å²) < 4.78 is 5.28. The summed E-state index contributed by atoms with van der Waals surface area (Å²) in [6, 6.07) is 1.73. The highest BCUT2D eigenvalue weighted by Gasteiger charge is 2.30. The molecule has 1 atom stereocenters. The number of carboxylic acids is 1. The standard InChI is InChI=1S/C17H26N2O4/c1-3-12(4-2)14-11-15(23-18-14)17(22)19-10-6-5-7-13(19)8-9-16(20)21/h11-13H,3-10H2,1-2H3,(H,20,21). The molecule has 0 spiro atoms. The number of hydrogen-bond acceptors (Lipinski definition) is 4. The Morgan fingerprint density at radius 2 is 2.13 bits per heavy atom. The topological polar surface area (TPSA) is 83.6 Å². The Bertz CT molecular complexity index is 536. The highest BCUT2D eigenvalue weighted by atomic mass is 16.5. The van der Waals surface area contributed by atoms with Crippen molar-refractivity contribution in [2.45, 2.75) is 70.8 Å². The van der Waals surface area contributed by atoms with Crippen molar-refractivity contribution in [3.63, 3.8) is 0 Å². The molecular formula is C17H26N2O4. The third-order valence-electron chi connectivity index (χ3n) is 4.72. The zero-order valence-corrected chi connectivity index (χ0v) is 14.0. The normalized spacial score (nSPS) is 18.4. The Kier molecular flexibility index (Phi) is 6.19. The van der Waals surface area contributed by atoms with Gasteiger partial charge in [0, 0.05) is 31.0 Å². The van der Waals surface area contributed by atoms with Gasteiger partial charge in [-0.1, -0.05) is 19.0 Å². The number of nitrogens with zero attached hydrogens (tertiary/aromatic N) is 2. The Labute approximate surface area is 136 Å². The van der Waals surface area contributed by atoms with Crippen molar-refractivity contribution in [3.8, 4) is 0 Å². The minimum Gasteiger partial charge on any atom is -0.481 e. The van der Waals surface area contributed by atoms with Gasteiger partial charge in [0.25, 0.3) is 5.91 Å². The first kappa shape index (κ1) is 17.5. The molecule has 0 aromatic carbocycles. The monoisotopic (exact) mass is 322 g/mol. The average molecular weight is 322 g/mol. The van der Waals surface area contributed by atoms with Crippen LogP contribution in [0.1, 0.15) is 81.0 Å². The predicted molar refractivity (Wildman–Crippen MR) is 85.4 cm³/mol. The van der Waals surface area contributed by atoms with E-state index in [1.165, 1.54) is 0 Å². The van der Waals surface area contributed by atoms with E-state index in [4.69, 9.17) is 9.63 Å². The number of carbonyl (C=O) groups excluding carboxylic acids is 1. The number of rotatable bonds is 7. The van der Waals surface area contributed by atoms with Gasteiger partial charge in [0.05, 0.1) is 5.69 Å². The number of piperidine rings is 1. The van der Waals surface area contributed by atoms with Crippen LogP contribution < -0.4 is 0 Å². The summed E-state index contributed by atoms with van der Waals surface area (Å²) in [6.45, 7) is 4.85. The first-order valence-electron chi connectivity index (χ1n) is 8.56. The zero-order valence-electron chi connectivity index (χ0n) is 14.0. The Hall–Kier alpha value is -1.85. The Balaban J connectivity index is 2.09. The van der Waals surface area contributed by atoms with E-state index in [1.54, 1.807) is 11.0 Å². The highest BCUT2D eigenvalue weighted by molar-refractivity contribution is 5.91. The zero-order chi connectivity index (χ0) is 16.8. The summed E-state index contributed by atoms with van der Waals surface area (Å²) >= 11 is 0. The second kappa shape index (κ2) is 8.13. The molecule has 2 rings (SSSR count). The van der Waals surface area contributed by atoms with Gasteiger partial charge in [-0.3, -0.25) is 9.59 Å². The Morgan fingerprint density at radius 1 is 1.39 bits per heavy atom. The molecule has 1 N–H and O–H groups in total. The van der Waals surface area contributed by atoms with E-state index < -0.39 is 5.97 Å². The van der Waals surface area contributed by atoms with Crippen LogP contribution in [0.2, 0.25) is 0 Å². The van der Waals surface area contributed by atoms with Gasteiger partial charge in [-0.25, -0.2) is 0 Å². The number of aliphatic carboxylic acids is 1. The highest BCUT2D eigenvalue weighted by Crippen LogP contribution is 2.26. The summed E-state index contributed by atoms with van der Waals surface area (Å²) in [6.07, 6.45) is 5.33. The lowest BCUT2D eigenvalue weighted by molar-refractivity contribution is -0.137. The van der Waals surface area contributed by atoms with Gasteiger partial charge in [0.1, 0.15) is 0 Å². The lowest BCUT2D eigenvalue weighted by atomic mass is 9.97. The molecule has 23 heavy (non-hydrogen) atoms. The molecule has 1 amide bonds. The van der Waals surface area contributed by atoms with Gasteiger partial charge >= 0.3 is 5.97 Å². The molecule has 6 nitrogen and oxygen atoms in total. The van der Waals surface area contributed by atoms with Gasteiger partial charge in [0.15, 0.2) is 0 Å². The number of hydrogen-bond donors (Lipinski definition) is 1. The van der Waals surface area contributed by atoms with Crippen molar-refractivity contribution >= 4 is 11.9 Å². The van der Waals surface area contributed by atoms with Gasteiger partial charge < -0.3 is 14.5 Å². The van der Waals surface area contributed by atoms with Crippen molar-refractivity contribution in [1.29, 1.82) is 0 Å². The van der Waals surface area contributed by atoms with E-state index in [0.717, 1.165) is 37.8 Å². The van der Waals surface area contributed by atoms with Crippen LogP contribution in [0.25, 0.3) is 0 Å². The van der Waals surface area contributed by atoms with Crippen LogP contribution in [0.15, 0.2) is 10.6 Å². The molecule has 1 aromatic rings. The molecule has 0 saturated carbocycles. The molecule has 1 aliphatic rings. The third-order valence-corrected chi connectivity index (χ3v) is 4.72. The van der Waals surface area contributed by atoms with Crippen LogP contribution in [0.5, 0.6) is 0 Å². The fourth-order valence-electron chi connectivity index (χ4n) is 3.29. The maximum Gasteiger partial charge on any atom is 0.303 e. The van der Waals surface area contributed by atoms with Gasteiger partial charge in [-0.2, -0.15) is 0 Å². The van der Waals surface area contributed by atoms with Crippen molar-refractivity contribution in [2.24, 2.45) is 0 Å². The summed E-state index contributed by atoms with van der Waals surface area (Å²) in [5.41, 5.74) is 0.831. The molecule has 2 heterocycles. The van der Waals surface area contributed by atoms with Crippen LogP contribution >= 0.6 is 0 Å². The molecule has 1 saturated heterocycles. The number of carbonyl (C=O) groups is 2. The van der Waals surface area contributed by atoms with Crippen molar-refractivity contribution in [1.82, 2.24) is 10.1 Å². The van der Waals surface area contributed by atoms with Gasteiger partial charge in [-0.15, -0.1) is 0 Å². The van der Waals surface area contributed by atoms with E-state index >= 15 is 0 Å². The summed E-state index contributed by atoms with van der Waals surface area (Å²) in [4.78, 5) is 25.3. The van der Waals surface area contributed by atoms with E-state index in [0.29, 0.717) is 18.9 Å². The Morgan fingerprint density at radius 3 is 2.78 bits per heavy atom. The van der Waals surface area contributed by atoms with E-state index in [2.05, 4.69) is 19.0 Å². The van der Waals surface area contributed by atoms with E-state index in [-0.39, 0.29) is 24.1 Å². The molecule has 0 aliphatic carbocycles. The SMILES string of the molecule is CCC(CC)c1cc(C(=O)N2CCCCC2CCC(=O)O)on1. The summed E-state index contributed by atoms with van der Waals surface area (Å²) in [7, 11) is 0. The van der Waals surface area contributed by atoms with Crippen LogP contribution in [0, 0.1) is 0 Å². The first-order chi connectivity index (χ1) is 11.1. The maximum absolute atomic E-state index is 12.7. The quantitative estimate of drug-likeness (QED) is 0.831. The minimum absolute atomic E-state index is 0.0194. The predicted octanol–water partition coefficient (Wildman–Crippen LogP) is 3.44. The molecule has 0 radical (unpaired) electrons. The van der Waals surface area contributed by atoms with Crippen LogP contribution in [-0.2, 0) is 4.79 Å². The molecule has 0 bridgehead atoms. The molecule has 1 aliphatic heterocycles. The maximum atomic E-state index is 12.7. The summed E-state index contributed by atoms with van der Waals surface area (Å²) in [5, 5.41) is 12.9. The van der Waals surface area contributed by atoms with Gasteiger partial charge in [0.2, 0.25) is 5.76 Å². The molecule has 6 heteroatoms. The fourth-order valence-corrected chi connectivity index (χ4v) is 3.29. The van der Waals surface area contributed by atoms with Crippen molar-refractivity contribution < 1.29 is 19.2 Å². The second-order valence-electron chi connectivity index (χ2n) is 6.21. The van der Waals surface area contributed by atoms with Crippen LogP contribution in [-0.4, -0.2) is 39.6 Å². The van der Waals surface area contributed by atoms with Crippen molar-refractivity contribution in [3.05, 3.63) is 17.5 Å². The largest absolute Gasteiger partial charge is 0.481 e. The molecular weight excluding hydrogens is 296 g/mol. The number of aromatic nitrogens is 1. The smallest absolute Gasteiger partial charge is 0.303 e. The first-order valence-corrected chi connectivity index (χ1v) is 8.56. The van der Waals surface area contributed by atoms with Gasteiger partial charge in [-0.05, 0) is 38.5 Å².